The number of imide groups is 1. The Kier molecular flexibility index (Phi) is 3.24. The molecule has 0 spiro atoms. The van der Waals surface area contributed by atoms with E-state index >= 15 is 0 Å². The number of hydrogen-bond donors (Lipinski definition) is 1. The van der Waals surface area contributed by atoms with Crippen molar-refractivity contribution in [3.8, 4) is 0 Å². The van der Waals surface area contributed by atoms with Gasteiger partial charge in [-0.2, -0.15) is 0 Å². The molecule has 0 radical (unpaired) electrons. The monoisotopic (exact) mass is 316 g/mol. The van der Waals surface area contributed by atoms with Crippen LogP contribution in [0, 0.1) is 0 Å². The van der Waals surface area contributed by atoms with Gasteiger partial charge in [-0.25, -0.2) is 4.79 Å². The van der Waals surface area contributed by atoms with E-state index in [-0.39, 0.29) is 11.1 Å². The molecule has 2 atom stereocenters. The maximum absolute atomic E-state index is 12.4. The van der Waals surface area contributed by atoms with E-state index in [1.807, 2.05) is 0 Å². The molecule has 0 bridgehead atoms. The van der Waals surface area contributed by atoms with Crippen LogP contribution in [-0.2, 0) is 14.3 Å². The zero-order valence-corrected chi connectivity index (χ0v) is 13.0. The minimum Gasteiger partial charge on any atom is -0.458 e. The third kappa shape index (κ3) is 2.38. The Hall–Kier alpha value is -2.70. The molecule has 1 aromatic carbocycles. The van der Waals surface area contributed by atoms with Crippen LogP contribution in [0.2, 0.25) is 0 Å². The minimum absolute atomic E-state index is 0.236. The molecule has 7 nitrogen and oxygen atoms in total. The topological polar surface area (TPSA) is 92.8 Å². The zero-order chi connectivity index (χ0) is 16.9. The van der Waals surface area contributed by atoms with Gasteiger partial charge >= 0.3 is 5.97 Å². The van der Waals surface area contributed by atoms with Gasteiger partial charge in [-0.1, -0.05) is 12.1 Å². The molecule has 1 saturated heterocycles. The van der Waals surface area contributed by atoms with Crippen LogP contribution in [0.15, 0.2) is 24.3 Å². The number of carbonyl (C=O) groups is 4. The lowest BCUT2D eigenvalue weighted by atomic mass is 9.97. The van der Waals surface area contributed by atoms with Crippen molar-refractivity contribution in [2.24, 2.45) is 0 Å². The minimum atomic E-state index is -1.17. The number of nitrogens with zero attached hydrogens (tertiary/aromatic N) is 1. The van der Waals surface area contributed by atoms with Crippen LogP contribution in [0.3, 0.4) is 0 Å². The highest BCUT2D eigenvalue weighted by Crippen LogP contribution is 2.29. The molecular weight excluding hydrogens is 300 g/mol. The first-order valence-electron chi connectivity index (χ1n) is 7.21. The van der Waals surface area contributed by atoms with Crippen LogP contribution in [-0.4, -0.2) is 46.3 Å². The number of carbonyl (C=O) groups excluding carboxylic acids is 4. The smallest absolute Gasteiger partial charge is 0.331 e. The van der Waals surface area contributed by atoms with Crippen molar-refractivity contribution in [1.82, 2.24) is 10.2 Å². The lowest BCUT2D eigenvalue weighted by Gasteiger charge is -2.40. The highest BCUT2D eigenvalue weighted by Gasteiger charge is 2.55. The van der Waals surface area contributed by atoms with E-state index in [4.69, 9.17) is 4.74 Å². The summed E-state index contributed by atoms with van der Waals surface area (Å²) >= 11 is 0. The van der Waals surface area contributed by atoms with Crippen LogP contribution < -0.4 is 5.32 Å². The number of ether oxygens (including phenoxy) is 1. The van der Waals surface area contributed by atoms with Crippen molar-refractivity contribution in [3.05, 3.63) is 35.4 Å². The first kappa shape index (κ1) is 15.2. The van der Waals surface area contributed by atoms with E-state index in [0.717, 1.165) is 4.90 Å². The maximum Gasteiger partial charge on any atom is 0.331 e. The van der Waals surface area contributed by atoms with Gasteiger partial charge in [0.1, 0.15) is 11.6 Å². The van der Waals surface area contributed by atoms with Crippen LogP contribution in [0.5, 0.6) is 0 Å². The molecule has 0 saturated carbocycles. The summed E-state index contributed by atoms with van der Waals surface area (Å²) in [5, 5.41) is 2.40. The average molecular weight is 316 g/mol. The zero-order valence-electron chi connectivity index (χ0n) is 13.0. The largest absolute Gasteiger partial charge is 0.458 e. The van der Waals surface area contributed by atoms with Gasteiger partial charge in [-0.3, -0.25) is 19.3 Å². The molecule has 120 valence electrons. The predicted octanol–water partition coefficient (Wildman–Crippen LogP) is 0.491. The highest BCUT2D eigenvalue weighted by atomic mass is 16.6. The van der Waals surface area contributed by atoms with E-state index in [9.17, 15) is 19.2 Å². The standard InChI is InChI=1S/C16H16N2O5/c1-16(2,3)23-15(22)10-11(12(19)17-10)18-13(20)8-6-4-5-7-9(8)14(18)21/h4-7,10-11H,1-3H3,(H,17,19)/t10-,11-/m0/s1. The lowest BCUT2D eigenvalue weighted by Crippen LogP contribution is -2.73. The van der Waals surface area contributed by atoms with E-state index in [0.29, 0.717) is 0 Å². The molecule has 1 aromatic rings. The molecule has 0 aromatic heterocycles. The van der Waals surface area contributed by atoms with Gasteiger partial charge in [-0.05, 0) is 32.9 Å². The molecule has 0 aliphatic carbocycles. The SMILES string of the molecule is CC(C)(C)OC(=O)[C@H]1NC(=O)[C@H]1N1C(=O)c2ccccc2C1=O. The predicted molar refractivity (Wildman–Crippen MR) is 78.5 cm³/mol. The van der Waals surface area contributed by atoms with Gasteiger partial charge in [-0.15, -0.1) is 0 Å². The van der Waals surface area contributed by atoms with Crippen LogP contribution in [0.4, 0.5) is 0 Å². The number of fused-ring (bicyclic) bond motifs is 1. The number of amides is 3. The number of nitrogens with one attached hydrogen (secondary N) is 1. The van der Waals surface area contributed by atoms with Gasteiger partial charge in [0.15, 0.2) is 6.04 Å². The third-order valence-electron chi connectivity index (χ3n) is 3.65. The first-order valence-corrected chi connectivity index (χ1v) is 7.21. The molecular formula is C16H16N2O5. The maximum atomic E-state index is 12.4. The molecule has 1 N–H and O–H groups in total. The van der Waals surface area contributed by atoms with E-state index < -0.39 is 41.4 Å². The molecule has 2 heterocycles. The summed E-state index contributed by atoms with van der Waals surface area (Å²) in [6, 6.07) is 4.11. The van der Waals surface area contributed by atoms with Gasteiger partial charge in [0.05, 0.1) is 11.1 Å². The van der Waals surface area contributed by atoms with Crippen LogP contribution in [0.1, 0.15) is 41.5 Å². The van der Waals surface area contributed by atoms with Crippen molar-refractivity contribution in [3.63, 3.8) is 0 Å². The second kappa shape index (κ2) is 4.91. The summed E-state index contributed by atoms with van der Waals surface area (Å²) < 4.78 is 5.22. The fraction of sp³-hybridized carbons (Fsp3) is 0.375. The number of hydrogen-bond acceptors (Lipinski definition) is 5. The fourth-order valence-corrected chi connectivity index (χ4v) is 2.65. The summed E-state index contributed by atoms with van der Waals surface area (Å²) in [5.41, 5.74) is -0.260. The Labute approximate surface area is 132 Å². The normalized spacial score (nSPS) is 23.3. The second-order valence-electron chi connectivity index (χ2n) is 6.49. The van der Waals surface area contributed by atoms with Gasteiger partial charge in [0.2, 0.25) is 5.91 Å². The van der Waals surface area contributed by atoms with Crippen LogP contribution >= 0.6 is 0 Å². The summed E-state index contributed by atoms with van der Waals surface area (Å²) in [4.78, 5) is 49.7. The number of rotatable bonds is 2. The second-order valence-corrected chi connectivity index (χ2v) is 6.49. The Morgan fingerprint density at radius 3 is 2.04 bits per heavy atom. The highest BCUT2D eigenvalue weighted by molar-refractivity contribution is 6.24. The number of benzene rings is 1. The molecule has 23 heavy (non-hydrogen) atoms. The molecule has 2 aliphatic heterocycles. The summed E-state index contributed by atoms with van der Waals surface area (Å²) in [6.45, 7) is 5.09. The molecule has 3 amide bonds. The number of esters is 1. The van der Waals surface area contributed by atoms with Crippen molar-refractivity contribution in [1.29, 1.82) is 0 Å². The van der Waals surface area contributed by atoms with Gasteiger partial charge < -0.3 is 10.1 Å². The molecule has 2 aliphatic rings. The van der Waals surface area contributed by atoms with E-state index in [1.165, 1.54) is 12.1 Å². The Balaban J connectivity index is 1.87. The van der Waals surface area contributed by atoms with E-state index in [1.54, 1.807) is 32.9 Å². The van der Waals surface area contributed by atoms with Crippen molar-refractivity contribution < 1.29 is 23.9 Å². The Morgan fingerprint density at radius 2 is 1.61 bits per heavy atom. The molecule has 1 fully saturated rings. The fourth-order valence-electron chi connectivity index (χ4n) is 2.65. The molecule has 3 rings (SSSR count). The third-order valence-corrected chi connectivity index (χ3v) is 3.65. The lowest BCUT2D eigenvalue weighted by molar-refractivity contribution is -0.166. The Bertz CT molecular complexity index is 699. The molecule has 0 unspecified atom stereocenters. The average Bonchev–Trinajstić information content (AvgIpc) is 2.69. The first-order chi connectivity index (χ1) is 10.7. The van der Waals surface area contributed by atoms with E-state index in [2.05, 4.69) is 5.32 Å². The van der Waals surface area contributed by atoms with Crippen molar-refractivity contribution >= 4 is 23.7 Å². The summed E-state index contributed by atoms with van der Waals surface area (Å²) in [7, 11) is 0. The number of β-lactam (4-membered cyclic amide) rings is 1. The van der Waals surface area contributed by atoms with Gasteiger partial charge in [0, 0.05) is 0 Å². The Morgan fingerprint density at radius 1 is 1.09 bits per heavy atom. The summed E-state index contributed by atoms with van der Waals surface area (Å²) in [6.07, 6.45) is 0. The quantitative estimate of drug-likeness (QED) is 0.487. The van der Waals surface area contributed by atoms with Crippen molar-refractivity contribution in [2.45, 2.75) is 38.5 Å². The van der Waals surface area contributed by atoms with Crippen LogP contribution in [0.25, 0.3) is 0 Å². The van der Waals surface area contributed by atoms with Gasteiger partial charge in [0.25, 0.3) is 11.8 Å². The van der Waals surface area contributed by atoms with Crippen molar-refractivity contribution in [2.75, 3.05) is 0 Å². The molecule has 7 heteroatoms. The summed E-state index contributed by atoms with van der Waals surface area (Å²) in [5.74, 6) is -2.35.